The summed E-state index contributed by atoms with van der Waals surface area (Å²) < 4.78 is 14.9. The number of piperidine rings is 1. The minimum absolute atomic E-state index is 0.0685. The van der Waals surface area contributed by atoms with Crippen molar-refractivity contribution in [1.82, 2.24) is 15.1 Å². The second-order valence-corrected chi connectivity index (χ2v) is 10.8. The second kappa shape index (κ2) is 12.3. The van der Waals surface area contributed by atoms with Gasteiger partial charge in [-0.2, -0.15) is 0 Å². The van der Waals surface area contributed by atoms with Crippen molar-refractivity contribution in [3.05, 3.63) is 94.8 Å². The van der Waals surface area contributed by atoms with Gasteiger partial charge in [0.2, 0.25) is 0 Å². The average molecular weight is 560 g/mol. The van der Waals surface area contributed by atoms with Crippen molar-refractivity contribution >= 4 is 17.9 Å². The van der Waals surface area contributed by atoms with E-state index in [-0.39, 0.29) is 47.3 Å². The topological polar surface area (TPSA) is 110 Å². The molecule has 8 nitrogen and oxygen atoms in total. The third-order valence-corrected chi connectivity index (χ3v) is 8.35. The third-order valence-electron chi connectivity index (χ3n) is 8.35. The van der Waals surface area contributed by atoms with E-state index in [2.05, 4.69) is 5.32 Å². The van der Waals surface area contributed by atoms with Gasteiger partial charge >= 0.3 is 0 Å². The van der Waals surface area contributed by atoms with Gasteiger partial charge in [-0.15, -0.1) is 0 Å². The Morgan fingerprint density at radius 3 is 1.93 bits per heavy atom. The lowest BCUT2D eigenvalue weighted by Gasteiger charge is -2.47. The summed E-state index contributed by atoms with van der Waals surface area (Å²) in [5, 5.41) is 23.6. The molecule has 0 aromatic heterocycles. The van der Waals surface area contributed by atoms with Gasteiger partial charge in [0.1, 0.15) is 23.5 Å². The highest BCUT2D eigenvalue weighted by atomic mass is 19.1. The Hall–Kier alpha value is -3.92. The highest BCUT2D eigenvalue weighted by Gasteiger charge is 2.47. The Bertz CT molecular complexity index is 1370. The maximum atomic E-state index is 14.9. The molecule has 5 rings (SSSR count). The number of piperazine rings is 1. The van der Waals surface area contributed by atoms with Gasteiger partial charge in [0.25, 0.3) is 0 Å². The molecule has 2 fully saturated rings. The predicted octanol–water partition coefficient (Wildman–Crippen LogP) is 3.37. The molecule has 0 unspecified atom stereocenters. The fourth-order valence-electron chi connectivity index (χ4n) is 6.31. The first kappa shape index (κ1) is 28.6. The zero-order valence-corrected chi connectivity index (χ0v) is 22.9. The van der Waals surface area contributed by atoms with Gasteiger partial charge in [0.05, 0.1) is 0 Å². The molecule has 41 heavy (non-hydrogen) atoms. The summed E-state index contributed by atoms with van der Waals surface area (Å²) in [5.41, 5.74) is 1.43. The number of nitrogens with zero attached hydrogens (tertiary/aromatic N) is 2. The SMILES string of the molecule is Cc1c(F)cccc1C1[C@@H](C(=O)c2cccc(O)c2)CN([C@H](C=O)N2CCNCC2)C[C@@H]1C(=O)c1cccc(O)c1. The predicted molar refractivity (Wildman–Crippen MR) is 152 cm³/mol. The zero-order valence-electron chi connectivity index (χ0n) is 22.9. The monoisotopic (exact) mass is 559 g/mol. The fraction of sp³-hybridized carbons (Fsp3) is 0.344. The Kier molecular flexibility index (Phi) is 8.58. The van der Waals surface area contributed by atoms with Gasteiger partial charge < -0.3 is 20.3 Å². The number of hydrogen-bond acceptors (Lipinski definition) is 8. The summed E-state index contributed by atoms with van der Waals surface area (Å²) in [6.45, 7) is 4.63. The fourth-order valence-corrected chi connectivity index (χ4v) is 6.31. The molecule has 2 saturated heterocycles. The second-order valence-electron chi connectivity index (χ2n) is 10.8. The maximum absolute atomic E-state index is 14.9. The highest BCUT2D eigenvalue weighted by molar-refractivity contribution is 6.02. The summed E-state index contributed by atoms with van der Waals surface area (Å²) >= 11 is 0. The molecule has 0 bridgehead atoms. The van der Waals surface area contributed by atoms with E-state index in [4.69, 9.17) is 0 Å². The van der Waals surface area contributed by atoms with Crippen LogP contribution in [0.2, 0.25) is 0 Å². The van der Waals surface area contributed by atoms with Crippen LogP contribution in [0.1, 0.15) is 37.8 Å². The lowest BCUT2D eigenvalue weighted by atomic mass is 9.67. The number of ketones is 2. The van der Waals surface area contributed by atoms with Crippen molar-refractivity contribution in [2.45, 2.75) is 19.0 Å². The van der Waals surface area contributed by atoms with Crippen LogP contribution in [0.4, 0.5) is 4.39 Å². The van der Waals surface area contributed by atoms with E-state index in [1.807, 2.05) is 9.80 Å². The van der Waals surface area contributed by atoms with Crippen molar-refractivity contribution in [2.24, 2.45) is 11.8 Å². The lowest BCUT2D eigenvalue weighted by Crippen LogP contribution is -2.61. The van der Waals surface area contributed by atoms with E-state index in [1.54, 1.807) is 43.3 Å². The first-order valence-corrected chi connectivity index (χ1v) is 13.8. The Labute approximate surface area is 238 Å². The summed E-state index contributed by atoms with van der Waals surface area (Å²) in [6.07, 6.45) is 0.191. The molecule has 3 N–H and O–H groups in total. The molecule has 3 aromatic carbocycles. The summed E-state index contributed by atoms with van der Waals surface area (Å²) in [4.78, 5) is 44.9. The van der Waals surface area contributed by atoms with Gasteiger partial charge in [0.15, 0.2) is 17.9 Å². The number of carbonyl (C=O) groups excluding carboxylic acids is 3. The van der Waals surface area contributed by atoms with Gasteiger partial charge in [-0.05, 0) is 48.4 Å². The van der Waals surface area contributed by atoms with Crippen LogP contribution in [-0.4, -0.2) is 83.3 Å². The van der Waals surface area contributed by atoms with Gasteiger partial charge in [-0.1, -0.05) is 36.4 Å². The first-order valence-electron chi connectivity index (χ1n) is 13.8. The number of Topliss-reactive ketones (excluding diaryl/α,β-unsaturated/α-hetero) is 2. The number of aldehydes is 1. The van der Waals surface area contributed by atoms with E-state index < -0.39 is 29.7 Å². The number of halogens is 1. The van der Waals surface area contributed by atoms with Crippen LogP contribution in [0, 0.1) is 24.6 Å². The van der Waals surface area contributed by atoms with Crippen LogP contribution in [0.5, 0.6) is 11.5 Å². The molecule has 0 amide bonds. The van der Waals surface area contributed by atoms with Crippen LogP contribution >= 0.6 is 0 Å². The molecule has 2 aliphatic rings. The molecule has 9 heteroatoms. The zero-order chi connectivity index (χ0) is 29.1. The molecule has 3 atom stereocenters. The van der Waals surface area contributed by atoms with Crippen molar-refractivity contribution in [3.8, 4) is 11.5 Å². The van der Waals surface area contributed by atoms with Crippen LogP contribution in [0.25, 0.3) is 0 Å². The molecular weight excluding hydrogens is 525 g/mol. The highest BCUT2D eigenvalue weighted by Crippen LogP contribution is 2.43. The van der Waals surface area contributed by atoms with Crippen LogP contribution in [0.15, 0.2) is 66.7 Å². The molecular formula is C32H34FN3O5. The van der Waals surface area contributed by atoms with Gasteiger partial charge in [0, 0.05) is 68.1 Å². The third kappa shape index (κ3) is 5.93. The number of phenolic OH excluding ortho intramolecular Hbond substituents is 2. The van der Waals surface area contributed by atoms with E-state index in [0.717, 1.165) is 6.29 Å². The van der Waals surface area contributed by atoms with Gasteiger partial charge in [-0.25, -0.2) is 4.39 Å². The number of hydrogen-bond donors (Lipinski definition) is 3. The number of rotatable bonds is 8. The van der Waals surface area contributed by atoms with Crippen molar-refractivity contribution in [2.75, 3.05) is 39.3 Å². The molecule has 214 valence electrons. The van der Waals surface area contributed by atoms with E-state index >= 15 is 0 Å². The standard InChI is InChI=1S/C32H34FN3O5/c1-20-25(9-4-10-28(20)33)30-26(31(40)21-5-2-7-23(38)15-21)17-36(29(19-37)35-13-11-34-12-14-35)18-27(30)32(41)22-6-3-8-24(39)16-22/h2-10,15-16,19,26-27,29-30,34,38-39H,11-14,17-18H2,1H3/t26-,27-,29+/m0/s1. The number of phenols is 2. The molecule has 2 heterocycles. The summed E-state index contributed by atoms with van der Waals surface area (Å²) in [6, 6.07) is 16.8. The Morgan fingerprint density at radius 2 is 1.41 bits per heavy atom. The molecule has 3 aromatic rings. The Balaban J connectivity index is 1.65. The Morgan fingerprint density at radius 1 is 0.878 bits per heavy atom. The quantitative estimate of drug-likeness (QED) is 0.285. The van der Waals surface area contributed by atoms with E-state index in [0.29, 0.717) is 37.3 Å². The van der Waals surface area contributed by atoms with Crippen molar-refractivity contribution < 1.29 is 29.0 Å². The molecule has 2 aliphatic heterocycles. The summed E-state index contributed by atoms with van der Waals surface area (Å²) in [7, 11) is 0. The molecule has 0 radical (unpaired) electrons. The van der Waals surface area contributed by atoms with Gasteiger partial charge in [-0.3, -0.25) is 19.4 Å². The van der Waals surface area contributed by atoms with Crippen molar-refractivity contribution in [1.29, 1.82) is 0 Å². The number of aromatic hydroxyl groups is 2. The minimum atomic E-state index is -0.831. The maximum Gasteiger partial charge on any atom is 0.167 e. The van der Waals surface area contributed by atoms with Crippen LogP contribution < -0.4 is 5.32 Å². The molecule has 0 aliphatic carbocycles. The first-order chi connectivity index (χ1) is 19.8. The average Bonchev–Trinajstić information content (AvgIpc) is 2.98. The number of carbonyl (C=O) groups is 3. The summed E-state index contributed by atoms with van der Waals surface area (Å²) in [5.74, 6) is -3.58. The number of likely N-dealkylation sites (tertiary alicyclic amines) is 1. The molecule has 0 saturated carbocycles. The minimum Gasteiger partial charge on any atom is -0.508 e. The largest absolute Gasteiger partial charge is 0.508 e. The van der Waals surface area contributed by atoms with Crippen molar-refractivity contribution in [3.63, 3.8) is 0 Å². The number of nitrogens with one attached hydrogen (secondary N) is 1. The van der Waals surface area contributed by atoms with Crippen LogP contribution in [-0.2, 0) is 4.79 Å². The van der Waals surface area contributed by atoms with E-state index in [9.17, 15) is 29.0 Å². The molecule has 0 spiro atoms. The van der Waals surface area contributed by atoms with Crippen LogP contribution in [0.3, 0.4) is 0 Å². The number of benzene rings is 3. The smallest absolute Gasteiger partial charge is 0.167 e. The lowest BCUT2D eigenvalue weighted by molar-refractivity contribution is -0.121. The normalized spacial score (nSPS) is 21.3. The van der Waals surface area contributed by atoms with E-state index in [1.165, 1.54) is 30.3 Å².